The zero-order valence-corrected chi connectivity index (χ0v) is 11.5. The Balaban J connectivity index is 2.50. The van der Waals surface area contributed by atoms with Crippen LogP contribution >= 0.6 is 0 Å². The van der Waals surface area contributed by atoms with Crippen molar-refractivity contribution < 1.29 is 10.0 Å². The van der Waals surface area contributed by atoms with Crippen LogP contribution in [0.4, 0.5) is 4.79 Å². The molecule has 1 fully saturated rings. The van der Waals surface area contributed by atoms with Crippen LogP contribution in [-0.4, -0.2) is 53.1 Å². The highest BCUT2D eigenvalue weighted by molar-refractivity contribution is 5.81. The standard InChI is InChI=1S/C12H24N4O2/c1-9-4-6-16(7-5-9)12(17)15(3)10(2)8-11(13)14-18/h9-10,18H,4-8H2,1-3H3,(H2,13,14). The summed E-state index contributed by atoms with van der Waals surface area (Å²) in [5, 5.41) is 11.5. The summed E-state index contributed by atoms with van der Waals surface area (Å²) >= 11 is 0. The first kappa shape index (κ1) is 14.6. The summed E-state index contributed by atoms with van der Waals surface area (Å²) < 4.78 is 0. The highest BCUT2D eigenvalue weighted by atomic mass is 16.4. The van der Waals surface area contributed by atoms with Crippen molar-refractivity contribution in [3.05, 3.63) is 0 Å². The number of amidine groups is 1. The van der Waals surface area contributed by atoms with E-state index in [1.165, 1.54) is 0 Å². The van der Waals surface area contributed by atoms with Gasteiger partial charge in [-0.05, 0) is 25.7 Å². The highest BCUT2D eigenvalue weighted by Gasteiger charge is 2.25. The molecule has 0 aromatic rings. The van der Waals surface area contributed by atoms with E-state index in [1.807, 2.05) is 11.8 Å². The molecular weight excluding hydrogens is 232 g/mol. The summed E-state index contributed by atoms with van der Waals surface area (Å²) in [7, 11) is 1.76. The van der Waals surface area contributed by atoms with Crippen LogP contribution in [0.25, 0.3) is 0 Å². The first-order valence-electron chi connectivity index (χ1n) is 6.43. The molecule has 0 saturated carbocycles. The monoisotopic (exact) mass is 256 g/mol. The van der Waals surface area contributed by atoms with Crippen LogP contribution in [0.1, 0.15) is 33.1 Å². The molecule has 3 N–H and O–H groups in total. The van der Waals surface area contributed by atoms with E-state index >= 15 is 0 Å². The molecule has 2 amide bonds. The van der Waals surface area contributed by atoms with E-state index in [1.54, 1.807) is 11.9 Å². The first-order chi connectivity index (χ1) is 8.45. The van der Waals surface area contributed by atoms with E-state index < -0.39 is 0 Å². The Morgan fingerprint density at radius 3 is 2.61 bits per heavy atom. The Hall–Kier alpha value is -1.46. The SMILES string of the molecule is CC1CCN(C(=O)N(C)C(C)CC(N)=NO)CC1. The average Bonchev–Trinajstić information content (AvgIpc) is 2.37. The van der Waals surface area contributed by atoms with Crippen LogP contribution < -0.4 is 5.73 Å². The van der Waals surface area contributed by atoms with Crippen LogP contribution in [-0.2, 0) is 0 Å². The number of carbonyl (C=O) groups is 1. The number of oxime groups is 1. The van der Waals surface area contributed by atoms with Gasteiger partial charge in [0.2, 0.25) is 0 Å². The fourth-order valence-electron chi connectivity index (χ4n) is 2.09. The van der Waals surface area contributed by atoms with Gasteiger partial charge in [-0.25, -0.2) is 4.79 Å². The summed E-state index contributed by atoms with van der Waals surface area (Å²) in [6.07, 6.45) is 2.51. The second-order valence-electron chi connectivity index (χ2n) is 5.21. The van der Waals surface area contributed by atoms with E-state index in [9.17, 15) is 4.79 Å². The number of hydrogen-bond donors (Lipinski definition) is 2. The minimum Gasteiger partial charge on any atom is -0.409 e. The third-order valence-electron chi connectivity index (χ3n) is 3.65. The number of piperidine rings is 1. The molecule has 18 heavy (non-hydrogen) atoms. The van der Waals surface area contributed by atoms with Crippen molar-refractivity contribution in [3.63, 3.8) is 0 Å². The van der Waals surface area contributed by atoms with Gasteiger partial charge in [0, 0.05) is 32.6 Å². The van der Waals surface area contributed by atoms with Gasteiger partial charge in [-0.2, -0.15) is 0 Å². The van der Waals surface area contributed by atoms with Gasteiger partial charge in [0.15, 0.2) is 0 Å². The maximum absolute atomic E-state index is 12.2. The van der Waals surface area contributed by atoms with Crippen molar-refractivity contribution in [2.24, 2.45) is 16.8 Å². The van der Waals surface area contributed by atoms with Gasteiger partial charge < -0.3 is 20.7 Å². The minimum atomic E-state index is -0.0762. The molecule has 1 unspecified atom stereocenters. The quantitative estimate of drug-likeness (QED) is 0.345. The van der Waals surface area contributed by atoms with Crippen molar-refractivity contribution in [1.82, 2.24) is 9.80 Å². The molecule has 6 heteroatoms. The number of nitrogens with two attached hydrogens (primary N) is 1. The summed E-state index contributed by atoms with van der Waals surface area (Å²) in [5.74, 6) is 0.850. The number of carbonyl (C=O) groups excluding carboxylic acids is 1. The normalized spacial score (nSPS) is 19.7. The predicted molar refractivity (Wildman–Crippen MR) is 70.6 cm³/mol. The van der Waals surface area contributed by atoms with Gasteiger partial charge >= 0.3 is 6.03 Å². The third kappa shape index (κ3) is 3.78. The average molecular weight is 256 g/mol. The lowest BCUT2D eigenvalue weighted by molar-refractivity contribution is 0.132. The maximum atomic E-state index is 12.2. The molecule has 6 nitrogen and oxygen atoms in total. The maximum Gasteiger partial charge on any atom is 0.319 e. The number of nitrogens with zero attached hydrogens (tertiary/aromatic N) is 3. The van der Waals surface area contributed by atoms with Crippen LogP contribution in [0.3, 0.4) is 0 Å². The Kier molecular flexibility index (Phi) is 5.25. The zero-order chi connectivity index (χ0) is 13.7. The van der Waals surface area contributed by atoms with E-state index in [-0.39, 0.29) is 17.9 Å². The van der Waals surface area contributed by atoms with Gasteiger partial charge in [-0.1, -0.05) is 12.1 Å². The van der Waals surface area contributed by atoms with E-state index in [4.69, 9.17) is 10.9 Å². The summed E-state index contributed by atoms with van der Waals surface area (Å²) in [5.41, 5.74) is 5.46. The lowest BCUT2D eigenvalue weighted by Gasteiger charge is -2.35. The summed E-state index contributed by atoms with van der Waals surface area (Å²) in [4.78, 5) is 15.8. The molecule has 0 radical (unpaired) electrons. The van der Waals surface area contributed by atoms with E-state index in [2.05, 4.69) is 12.1 Å². The Morgan fingerprint density at radius 1 is 1.56 bits per heavy atom. The molecule has 1 heterocycles. The number of rotatable bonds is 3. The van der Waals surface area contributed by atoms with Crippen molar-refractivity contribution in [2.75, 3.05) is 20.1 Å². The van der Waals surface area contributed by atoms with Crippen molar-refractivity contribution in [2.45, 2.75) is 39.2 Å². The van der Waals surface area contributed by atoms with Crippen molar-refractivity contribution in [3.8, 4) is 0 Å². The molecule has 1 aliphatic heterocycles. The number of likely N-dealkylation sites (tertiary alicyclic amines) is 1. The molecule has 0 spiro atoms. The molecule has 1 rings (SSSR count). The first-order valence-corrected chi connectivity index (χ1v) is 6.43. The van der Waals surface area contributed by atoms with Crippen molar-refractivity contribution >= 4 is 11.9 Å². The van der Waals surface area contributed by atoms with Crippen molar-refractivity contribution in [1.29, 1.82) is 0 Å². The smallest absolute Gasteiger partial charge is 0.319 e. The van der Waals surface area contributed by atoms with Gasteiger partial charge in [-0.3, -0.25) is 0 Å². The summed E-state index contributed by atoms with van der Waals surface area (Å²) in [6.45, 7) is 5.75. The Bertz CT molecular complexity index is 311. The number of hydrogen-bond acceptors (Lipinski definition) is 3. The molecule has 1 saturated heterocycles. The van der Waals surface area contributed by atoms with E-state index in [0.717, 1.165) is 25.9 Å². The molecule has 0 bridgehead atoms. The van der Waals surface area contributed by atoms with E-state index in [0.29, 0.717) is 12.3 Å². The molecule has 104 valence electrons. The lowest BCUT2D eigenvalue weighted by Crippen LogP contribution is -2.48. The minimum absolute atomic E-state index is 0.0279. The highest BCUT2D eigenvalue weighted by Crippen LogP contribution is 2.17. The van der Waals surface area contributed by atoms with Crippen LogP contribution in [0, 0.1) is 5.92 Å². The van der Waals surface area contributed by atoms with Crippen LogP contribution in [0.5, 0.6) is 0 Å². The third-order valence-corrected chi connectivity index (χ3v) is 3.65. The largest absolute Gasteiger partial charge is 0.409 e. The molecular formula is C12H24N4O2. The Morgan fingerprint density at radius 2 is 2.11 bits per heavy atom. The molecule has 1 aliphatic rings. The Labute approximate surface area is 108 Å². The van der Waals surface area contributed by atoms with Gasteiger partial charge in [0.25, 0.3) is 0 Å². The van der Waals surface area contributed by atoms with Crippen LogP contribution in [0.2, 0.25) is 0 Å². The molecule has 0 aromatic carbocycles. The van der Waals surface area contributed by atoms with Crippen LogP contribution in [0.15, 0.2) is 5.16 Å². The second kappa shape index (κ2) is 6.47. The van der Waals surface area contributed by atoms with Gasteiger partial charge in [0.05, 0.1) is 0 Å². The van der Waals surface area contributed by atoms with Gasteiger partial charge in [-0.15, -0.1) is 0 Å². The number of amides is 2. The number of urea groups is 1. The van der Waals surface area contributed by atoms with Gasteiger partial charge in [0.1, 0.15) is 5.84 Å². The predicted octanol–water partition coefficient (Wildman–Crippen LogP) is 1.30. The topological polar surface area (TPSA) is 82.2 Å². The lowest BCUT2D eigenvalue weighted by atomic mass is 9.99. The zero-order valence-electron chi connectivity index (χ0n) is 11.5. The second-order valence-corrected chi connectivity index (χ2v) is 5.21. The summed E-state index contributed by atoms with van der Waals surface area (Å²) in [6, 6.07) is -0.0483. The molecule has 1 atom stereocenters. The molecule has 0 aromatic heterocycles. The molecule has 0 aliphatic carbocycles. The fraction of sp³-hybridized carbons (Fsp3) is 0.833. The fourth-order valence-corrected chi connectivity index (χ4v) is 2.09.